The van der Waals surface area contributed by atoms with Crippen molar-refractivity contribution in [2.24, 2.45) is 0 Å². The van der Waals surface area contributed by atoms with Crippen LogP contribution < -0.4 is 16.4 Å². The summed E-state index contributed by atoms with van der Waals surface area (Å²) in [7, 11) is 0. The quantitative estimate of drug-likeness (QED) is 0.651. The van der Waals surface area contributed by atoms with Crippen molar-refractivity contribution in [1.82, 2.24) is 20.2 Å². The van der Waals surface area contributed by atoms with E-state index < -0.39 is 0 Å². The Bertz CT molecular complexity index is 592. The van der Waals surface area contributed by atoms with Crippen LogP contribution in [0.3, 0.4) is 0 Å². The van der Waals surface area contributed by atoms with Crippen molar-refractivity contribution < 1.29 is 9.59 Å². The van der Waals surface area contributed by atoms with Crippen LogP contribution >= 0.6 is 0 Å². The molecular formula is C14H17N5O2. The van der Waals surface area contributed by atoms with Crippen molar-refractivity contribution in [2.75, 3.05) is 18.8 Å². The van der Waals surface area contributed by atoms with Crippen molar-refractivity contribution in [1.29, 1.82) is 0 Å². The number of nitrogen functional groups attached to an aromatic ring is 1. The molecule has 0 saturated heterocycles. The molecular weight excluding hydrogens is 270 g/mol. The van der Waals surface area contributed by atoms with Gasteiger partial charge >= 0.3 is 0 Å². The number of aromatic nitrogens is 2. The highest BCUT2D eigenvalue weighted by atomic mass is 16.2. The van der Waals surface area contributed by atoms with Crippen LogP contribution in [0.1, 0.15) is 10.4 Å². The molecule has 0 aliphatic heterocycles. The monoisotopic (exact) mass is 287 g/mol. The van der Waals surface area contributed by atoms with E-state index in [4.69, 9.17) is 5.73 Å². The van der Waals surface area contributed by atoms with E-state index >= 15 is 0 Å². The predicted octanol–water partition coefficient (Wildman–Crippen LogP) is 0.0115. The van der Waals surface area contributed by atoms with E-state index in [1.165, 1.54) is 0 Å². The van der Waals surface area contributed by atoms with Crippen LogP contribution in [0.2, 0.25) is 0 Å². The Hall–Kier alpha value is -2.83. The van der Waals surface area contributed by atoms with Gasteiger partial charge in [-0.15, -0.1) is 0 Å². The fourth-order valence-corrected chi connectivity index (χ4v) is 1.70. The Morgan fingerprint density at radius 1 is 1.19 bits per heavy atom. The van der Waals surface area contributed by atoms with Crippen LogP contribution in [0.5, 0.6) is 0 Å². The molecule has 0 atom stereocenters. The molecule has 0 fully saturated rings. The molecule has 0 unspecified atom stereocenters. The second-order valence-corrected chi connectivity index (χ2v) is 4.46. The van der Waals surface area contributed by atoms with Crippen molar-refractivity contribution in [3.8, 4) is 0 Å². The SMILES string of the molecule is Nc1ccc(C(=O)NCC(=O)NCCn2ccnc2)cc1. The Labute approximate surface area is 122 Å². The third-order valence-electron chi connectivity index (χ3n) is 2.83. The minimum absolute atomic E-state index is 0.0624. The maximum Gasteiger partial charge on any atom is 0.251 e. The standard InChI is InChI=1S/C14H17N5O2/c15-12-3-1-11(2-4-12)14(21)18-9-13(20)17-6-8-19-7-5-16-10-19/h1-5,7,10H,6,8-9,15H2,(H,17,20)(H,18,21). The zero-order valence-corrected chi connectivity index (χ0v) is 11.5. The lowest BCUT2D eigenvalue weighted by atomic mass is 10.2. The maximum absolute atomic E-state index is 11.8. The molecule has 0 spiro atoms. The van der Waals surface area contributed by atoms with Gasteiger partial charge in [0.2, 0.25) is 5.91 Å². The predicted molar refractivity (Wildman–Crippen MR) is 78.4 cm³/mol. The zero-order valence-electron chi connectivity index (χ0n) is 11.5. The van der Waals surface area contributed by atoms with Crippen molar-refractivity contribution in [3.63, 3.8) is 0 Å². The summed E-state index contributed by atoms with van der Waals surface area (Å²) in [4.78, 5) is 27.3. The molecule has 2 aromatic rings. The van der Waals surface area contributed by atoms with Gasteiger partial charge in [0.15, 0.2) is 0 Å². The molecule has 0 radical (unpaired) electrons. The second kappa shape index (κ2) is 7.09. The first-order chi connectivity index (χ1) is 10.1. The van der Waals surface area contributed by atoms with Crippen LogP contribution in [-0.2, 0) is 11.3 Å². The van der Waals surface area contributed by atoms with Crippen LogP contribution in [0.4, 0.5) is 5.69 Å². The average molecular weight is 287 g/mol. The summed E-state index contributed by atoms with van der Waals surface area (Å²) in [5.41, 5.74) is 6.60. The van der Waals surface area contributed by atoms with Crippen molar-refractivity contribution in [2.45, 2.75) is 6.54 Å². The van der Waals surface area contributed by atoms with Gasteiger partial charge in [-0.1, -0.05) is 0 Å². The lowest BCUT2D eigenvalue weighted by Crippen LogP contribution is -2.38. The van der Waals surface area contributed by atoms with Crippen LogP contribution in [0.25, 0.3) is 0 Å². The highest BCUT2D eigenvalue weighted by molar-refractivity contribution is 5.96. The number of imidazole rings is 1. The van der Waals surface area contributed by atoms with E-state index in [1.807, 2.05) is 10.8 Å². The molecule has 0 aliphatic carbocycles. The van der Waals surface area contributed by atoms with E-state index in [1.54, 1.807) is 36.8 Å². The number of carbonyl (C=O) groups excluding carboxylic acids is 2. The van der Waals surface area contributed by atoms with Gasteiger partial charge in [-0.3, -0.25) is 9.59 Å². The Morgan fingerprint density at radius 3 is 2.62 bits per heavy atom. The largest absolute Gasteiger partial charge is 0.399 e. The van der Waals surface area contributed by atoms with Crippen LogP contribution in [0, 0.1) is 0 Å². The molecule has 4 N–H and O–H groups in total. The summed E-state index contributed by atoms with van der Waals surface area (Å²) in [6.07, 6.45) is 5.17. The van der Waals surface area contributed by atoms with E-state index in [-0.39, 0.29) is 18.4 Å². The summed E-state index contributed by atoms with van der Waals surface area (Å²) in [6.45, 7) is 1.05. The first-order valence-electron chi connectivity index (χ1n) is 6.51. The summed E-state index contributed by atoms with van der Waals surface area (Å²) >= 11 is 0. The summed E-state index contributed by atoms with van der Waals surface area (Å²) in [6, 6.07) is 6.50. The molecule has 2 amide bonds. The molecule has 1 aromatic heterocycles. The number of nitrogens with two attached hydrogens (primary N) is 1. The maximum atomic E-state index is 11.8. The van der Waals surface area contributed by atoms with Gasteiger partial charge in [0.05, 0.1) is 12.9 Å². The molecule has 0 saturated carbocycles. The van der Waals surface area contributed by atoms with E-state index in [0.29, 0.717) is 24.3 Å². The molecule has 1 aromatic carbocycles. The third kappa shape index (κ3) is 4.64. The van der Waals surface area contributed by atoms with Gasteiger partial charge in [-0.05, 0) is 24.3 Å². The molecule has 0 bridgehead atoms. The van der Waals surface area contributed by atoms with Gasteiger partial charge in [0, 0.05) is 36.7 Å². The molecule has 21 heavy (non-hydrogen) atoms. The van der Waals surface area contributed by atoms with Gasteiger partial charge in [0.25, 0.3) is 5.91 Å². The number of hydrogen-bond acceptors (Lipinski definition) is 4. The number of anilines is 1. The minimum Gasteiger partial charge on any atom is -0.399 e. The number of nitrogens with one attached hydrogen (secondary N) is 2. The number of carbonyl (C=O) groups is 2. The molecule has 7 nitrogen and oxygen atoms in total. The lowest BCUT2D eigenvalue weighted by Gasteiger charge is -2.07. The van der Waals surface area contributed by atoms with E-state index in [2.05, 4.69) is 15.6 Å². The number of hydrogen-bond donors (Lipinski definition) is 3. The first-order valence-corrected chi connectivity index (χ1v) is 6.51. The van der Waals surface area contributed by atoms with Crippen molar-refractivity contribution >= 4 is 17.5 Å². The smallest absolute Gasteiger partial charge is 0.251 e. The van der Waals surface area contributed by atoms with Gasteiger partial charge in [-0.2, -0.15) is 0 Å². The summed E-state index contributed by atoms with van der Waals surface area (Å²) in [5.74, 6) is -0.543. The number of nitrogens with zero attached hydrogens (tertiary/aromatic N) is 2. The van der Waals surface area contributed by atoms with Crippen LogP contribution in [-0.4, -0.2) is 34.5 Å². The van der Waals surface area contributed by atoms with Crippen molar-refractivity contribution in [3.05, 3.63) is 48.5 Å². The summed E-state index contributed by atoms with van der Waals surface area (Å²) < 4.78 is 1.85. The number of benzene rings is 1. The Morgan fingerprint density at radius 2 is 1.95 bits per heavy atom. The fraction of sp³-hybridized carbons (Fsp3) is 0.214. The van der Waals surface area contributed by atoms with Gasteiger partial charge in [-0.25, -0.2) is 4.98 Å². The second-order valence-electron chi connectivity index (χ2n) is 4.46. The Balaban J connectivity index is 1.68. The normalized spacial score (nSPS) is 10.1. The Kier molecular flexibility index (Phi) is 4.92. The summed E-state index contributed by atoms with van der Waals surface area (Å²) in [5, 5.41) is 5.27. The first kappa shape index (κ1) is 14.6. The zero-order chi connectivity index (χ0) is 15.1. The third-order valence-corrected chi connectivity index (χ3v) is 2.83. The van der Waals surface area contributed by atoms with Crippen LogP contribution in [0.15, 0.2) is 43.0 Å². The number of rotatable bonds is 6. The lowest BCUT2D eigenvalue weighted by molar-refractivity contribution is -0.120. The molecule has 2 rings (SSSR count). The van der Waals surface area contributed by atoms with Gasteiger partial charge in [0.1, 0.15) is 0 Å². The van der Waals surface area contributed by atoms with Gasteiger partial charge < -0.3 is 20.9 Å². The molecule has 110 valence electrons. The molecule has 7 heteroatoms. The minimum atomic E-state index is -0.306. The van der Waals surface area contributed by atoms with E-state index in [9.17, 15) is 9.59 Å². The fourth-order valence-electron chi connectivity index (χ4n) is 1.70. The topological polar surface area (TPSA) is 102 Å². The molecule has 1 heterocycles. The average Bonchev–Trinajstić information content (AvgIpc) is 2.99. The highest BCUT2D eigenvalue weighted by Gasteiger charge is 2.07. The van der Waals surface area contributed by atoms with E-state index in [0.717, 1.165) is 0 Å². The number of amides is 2. The molecule has 0 aliphatic rings. The highest BCUT2D eigenvalue weighted by Crippen LogP contribution is 2.04.